The molecule has 2 heterocycles. The van der Waals surface area contributed by atoms with Crippen molar-refractivity contribution in [2.75, 3.05) is 17.4 Å². The highest BCUT2D eigenvalue weighted by molar-refractivity contribution is 5.85. The smallest absolute Gasteiger partial charge is 0.230 e. The third-order valence-electron chi connectivity index (χ3n) is 3.68. The molecule has 2 aromatic heterocycles. The first-order chi connectivity index (χ1) is 13.3. The monoisotopic (exact) mass is 438 g/mol. The second-order valence-electron chi connectivity index (χ2n) is 5.58. The summed E-state index contributed by atoms with van der Waals surface area (Å²) in [6, 6.07) is 15.1. The third kappa shape index (κ3) is 6.34. The summed E-state index contributed by atoms with van der Waals surface area (Å²) >= 11 is 0. The van der Waals surface area contributed by atoms with E-state index in [4.69, 9.17) is 9.47 Å². The maximum atomic E-state index is 5.61. The van der Waals surface area contributed by atoms with Gasteiger partial charge in [0.25, 0.3) is 0 Å². The minimum absolute atomic E-state index is 0. The zero-order chi connectivity index (χ0) is 18.3. The summed E-state index contributed by atoms with van der Waals surface area (Å²) in [7, 11) is 0. The number of hydrogen-bond donors (Lipinski definition) is 4. The van der Waals surface area contributed by atoms with Gasteiger partial charge >= 0.3 is 0 Å². The SMILES string of the molecule is Cl.Cl.[HH].[HH].c1c[nH]c(Nc2ccc(OCOc3ccc(Nc4ncc[nH]4)cc3)cc2)n1. The predicted octanol–water partition coefficient (Wildman–Crippen LogP) is 5.37. The second kappa shape index (κ2) is 10.8. The Bertz CT molecular complexity index is 877. The summed E-state index contributed by atoms with van der Waals surface area (Å²) in [5.74, 6) is 2.82. The molecule has 0 saturated heterocycles. The summed E-state index contributed by atoms with van der Waals surface area (Å²) < 4.78 is 11.2. The molecule has 0 fully saturated rings. The van der Waals surface area contributed by atoms with Crippen LogP contribution in [0.1, 0.15) is 2.85 Å². The molecule has 0 amide bonds. The Morgan fingerprint density at radius 1 is 0.690 bits per heavy atom. The molecule has 2 aromatic carbocycles. The van der Waals surface area contributed by atoms with Gasteiger partial charge in [0, 0.05) is 39.0 Å². The van der Waals surface area contributed by atoms with Gasteiger partial charge in [0.15, 0.2) is 0 Å². The lowest BCUT2D eigenvalue weighted by Crippen LogP contribution is -2.05. The first-order valence-corrected chi connectivity index (χ1v) is 8.34. The number of halogens is 2. The summed E-state index contributed by atoms with van der Waals surface area (Å²) in [6.07, 6.45) is 6.90. The van der Waals surface area contributed by atoms with Crippen LogP contribution >= 0.6 is 24.8 Å². The van der Waals surface area contributed by atoms with Crippen LogP contribution in [0.15, 0.2) is 73.3 Å². The molecule has 0 aliphatic carbocycles. The number of benzene rings is 2. The Morgan fingerprint density at radius 2 is 1.10 bits per heavy atom. The van der Waals surface area contributed by atoms with Crippen molar-refractivity contribution in [3.8, 4) is 11.5 Å². The van der Waals surface area contributed by atoms with E-state index in [-0.39, 0.29) is 34.5 Å². The van der Waals surface area contributed by atoms with Gasteiger partial charge in [0.1, 0.15) is 11.5 Å². The van der Waals surface area contributed by atoms with E-state index in [1.165, 1.54) is 0 Å². The largest absolute Gasteiger partial charge is 0.458 e. The fraction of sp³-hybridized carbons (Fsp3) is 0.0526. The van der Waals surface area contributed by atoms with Gasteiger partial charge in [-0.05, 0) is 48.5 Å². The van der Waals surface area contributed by atoms with Gasteiger partial charge in [-0.1, -0.05) is 0 Å². The van der Waals surface area contributed by atoms with Gasteiger partial charge in [-0.15, -0.1) is 24.8 Å². The maximum Gasteiger partial charge on any atom is 0.230 e. The van der Waals surface area contributed by atoms with Crippen LogP contribution in [0.3, 0.4) is 0 Å². The number of hydrogen-bond acceptors (Lipinski definition) is 6. The van der Waals surface area contributed by atoms with Crippen molar-refractivity contribution in [2.24, 2.45) is 0 Å². The van der Waals surface area contributed by atoms with E-state index < -0.39 is 0 Å². The molecule has 10 heteroatoms. The molecule has 29 heavy (non-hydrogen) atoms. The van der Waals surface area contributed by atoms with Crippen LogP contribution in [0, 0.1) is 0 Å². The molecule has 156 valence electrons. The first-order valence-electron chi connectivity index (χ1n) is 8.34. The van der Waals surface area contributed by atoms with Gasteiger partial charge in [-0.2, -0.15) is 0 Å². The summed E-state index contributed by atoms with van der Waals surface area (Å²) in [5, 5.41) is 6.30. The standard InChI is InChI=1S/C19H18N6O2.2ClH.2H2/c1-5-16(6-2-14(1)24-18-20-9-10-21-18)26-13-27-17-7-3-15(4-8-17)25-19-22-11-12-23-19;;;;/h1-12H,13H2,(H2,20,21,24)(H2,22,23,25);4*1H. The molecule has 0 saturated carbocycles. The highest BCUT2D eigenvalue weighted by atomic mass is 35.5. The lowest BCUT2D eigenvalue weighted by molar-refractivity contribution is 0.120. The lowest BCUT2D eigenvalue weighted by atomic mass is 10.3. The van der Waals surface area contributed by atoms with Crippen LogP contribution in [0.4, 0.5) is 23.3 Å². The second-order valence-corrected chi connectivity index (χ2v) is 5.58. The first kappa shape index (κ1) is 21.9. The topological polar surface area (TPSA) is 99.9 Å². The number of aromatic nitrogens is 4. The van der Waals surface area contributed by atoms with Crippen molar-refractivity contribution in [2.45, 2.75) is 0 Å². The van der Waals surface area contributed by atoms with Gasteiger partial charge in [0.2, 0.25) is 18.7 Å². The third-order valence-corrected chi connectivity index (χ3v) is 3.68. The van der Waals surface area contributed by atoms with E-state index in [1.54, 1.807) is 24.8 Å². The number of nitrogens with zero attached hydrogens (tertiary/aromatic N) is 2. The van der Waals surface area contributed by atoms with Gasteiger partial charge < -0.3 is 30.1 Å². The minimum Gasteiger partial charge on any atom is -0.458 e. The molecule has 4 aromatic rings. The van der Waals surface area contributed by atoms with E-state index >= 15 is 0 Å². The molecule has 0 unspecified atom stereocenters. The fourth-order valence-corrected chi connectivity index (χ4v) is 2.38. The van der Waals surface area contributed by atoms with E-state index in [0.717, 1.165) is 22.9 Å². The Balaban J connectivity index is 0.00000225. The predicted molar refractivity (Wildman–Crippen MR) is 121 cm³/mol. The average molecular weight is 439 g/mol. The van der Waals surface area contributed by atoms with Crippen molar-refractivity contribution in [3.05, 3.63) is 73.3 Å². The Labute approximate surface area is 182 Å². The summed E-state index contributed by atoms with van der Waals surface area (Å²) in [4.78, 5) is 14.2. The van der Waals surface area contributed by atoms with Crippen LogP contribution < -0.4 is 20.1 Å². The number of aromatic amines is 2. The molecular formula is C19H24Cl2N6O2. The number of rotatable bonds is 8. The Morgan fingerprint density at radius 3 is 1.45 bits per heavy atom. The van der Waals surface area contributed by atoms with Gasteiger partial charge in [0.05, 0.1) is 0 Å². The highest BCUT2D eigenvalue weighted by Crippen LogP contribution is 2.20. The zero-order valence-corrected chi connectivity index (χ0v) is 16.8. The van der Waals surface area contributed by atoms with Crippen LogP contribution in [-0.2, 0) is 0 Å². The summed E-state index contributed by atoms with van der Waals surface area (Å²) in [6.45, 7) is 0.121. The highest BCUT2D eigenvalue weighted by Gasteiger charge is 2.00. The van der Waals surface area contributed by atoms with E-state index in [1.807, 2.05) is 48.5 Å². The normalized spacial score (nSPS) is 9.66. The number of ether oxygens (including phenoxy) is 2. The maximum absolute atomic E-state index is 5.61. The average Bonchev–Trinajstić information content (AvgIpc) is 3.39. The molecule has 4 rings (SSSR count). The number of anilines is 4. The molecule has 0 spiro atoms. The molecular weight excluding hydrogens is 415 g/mol. The van der Waals surface area contributed by atoms with E-state index in [9.17, 15) is 0 Å². The van der Waals surface area contributed by atoms with Crippen LogP contribution in [0.5, 0.6) is 11.5 Å². The van der Waals surface area contributed by atoms with Crippen molar-refractivity contribution >= 4 is 48.1 Å². The number of H-pyrrole nitrogens is 2. The molecule has 0 aliphatic heterocycles. The molecule has 0 radical (unpaired) electrons. The number of imidazole rings is 2. The molecule has 0 atom stereocenters. The van der Waals surface area contributed by atoms with E-state index in [2.05, 4.69) is 30.6 Å². The lowest BCUT2D eigenvalue weighted by Gasteiger charge is -2.10. The van der Waals surface area contributed by atoms with Gasteiger partial charge in [-0.25, -0.2) is 9.97 Å². The quantitative estimate of drug-likeness (QED) is 0.276. The Hall–Kier alpha value is -3.36. The molecule has 0 aliphatic rings. The van der Waals surface area contributed by atoms with Crippen molar-refractivity contribution < 1.29 is 12.3 Å². The van der Waals surface area contributed by atoms with Crippen LogP contribution in [0.2, 0.25) is 0 Å². The van der Waals surface area contributed by atoms with Crippen molar-refractivity contribution in [1.29, 1.82) is 0 Å². The molecule has 0 bridgehead atoms. The molecule has 8 nitrogen and oxygen atoms in total. The van der Waals surface area contributed by atoms with Crippen LogP contribution in [0.25, 0.3) is 0 Å². The van der Waals surface area contributed by atoms with Crippen molar-refractivity contribution in [1.82, 2.24) is 19.9 Å². The Kier molecular flexibility index (Phi) is 8.20. The van der Waals surface area contributed by atoms with E-state index in [0.29, 0.717) is 11.9 Å². The van der Waals surface area contributed by atoms with Gasteiger partial charge in [-0.3, -0.25) is 0 Å². The molecule has 4 N–H and O–H groups in total. The van der Waals surface area contributed by atoms with Crippen LogP contribution in [-0.4, -0.2) is 26.7 Å². The zero-order valence-electron chi connectivity index (χ0n) is 15.2. The summed E-state index contributed by atoms with van der Waals surface area (Å²) in [5.41, 5.74) is 1.83. The van der Waals surface area contributed by atoms with Crippen molar-refractivity contribution in [3.63, 3.8) is 0 Å². The fourth-order valence-electron chi connectivity index (χ4n) is 2.38. The number of nitrogens with one attached hydrogen (secondary N) is 4. The minimum atomic E-state index is 0.